The van der Waals surface area contributed by atoms with Crippen LogP contribution in [0.25, 0.3) is 0 Å². The van der Waals surface area contributed by atoms with Gasteiger partial charge in [-0.3, -0.25) is 24.0 Å². The van der Waals surface area contributed by atoms with Crippen molar-refractivity contribution in [3.63, 3.8) is 0 Å². The Kier molecular flexibility index (Phi) is 7.98. The lowest BCUT2D eigenvalue weighted by molar-refractivity contribution is -0.142. The summed E-state index contributed by atoms with van der Waals surface area (Å²) in [5, 5.41) is 9.35. The van der Waals surface area contributed by atoms with Gasteiger partial charge >= 0.3 is 5.97 Å². The van der Waals surface area contributed by atoms with E-state index < -0.39 is 0 Å². The minimum Gasteiger partial charge on any atom is -0.466 e. The number of carbonyl (C=O) groups is 2. The third-order valence-corrected chi connectivity index (χ3v) is 3.55. The fraction of sp³-hybridized carbons (Fsp3) is 0.529. The van der Waals surface area contributed by atoms with Crippen LogP contribution >= 0.6 is 0 Å². The van der Waals surface area contributed by atoms with E-state index in [2.05, 4.69) is 10.2 Å². The zero-order valence-electron chi connectivity index (χ0n) is 16.3. The topological polar surface area (TPSA) is 108 Å². The maximum absolute atomic E-state index is 11.2. The number of hydrazine groups is 1. The minimum atomic E-state index is -0.203. The molecular formula is C17H28N6O3. The zero-order chi connectivity index (χ0) is 19.9. The second kappa shape index (κ2) is 9.71. The Hall–Kier alpha value is -2.68. The first-order valence-electron chi connectivity index (χ1n) is 8.29. The summed E-state index contributed by atoms with van der Waals surface area (Å²) in [6, 6.07) is 3.76. The number of esters is 1. The van der Waals surface area contributed by atoms with Crippen molar-refractivity contribution < 1.29 is 14.3 Å². The lowest BCUT2D eigenvalue weighted by atomic mass is 10.3. The van der Waals surface area contributed by atoms with Gasteiger partial charge in [0.2, 0.25) is 5.91 Å². The van der Waals surface area contributed by atoms with Crippen molar-refractivity contribution in [3.8, 4) is 0 Å². The summed E-state index contributed by atoms with van der Waals surface area (Å²) < 4.78 is 8.22. The van der Waals surface area contributed by atoms with E-state index in [1.165, 1.54) is 7.05 Å². The molecule has 26 heavy (non-hydrogen) atoms. The van der Waals surface area contributed by atoms with Crippen molar-refractivity contribution in [2.24, 2.45) is 19.9 Å². The molecule has 0 aliphatic rings. The molecular weight excluding hydrogens is 336 g/mol. The van der Waals surface area contributed by atoms with Crippen LogP contribution in [-0.4, -0.2) is 50.1 Å². The molecule has 2 heterocycles. The van der Waals surface area contributed by atoms with Crippen LogP contribution in [0.3, 0.4) is 0 Å². The Bertz CT molecular complexity index is 748. The van der Waals surface area contributed by atoms with E-state index in [1.807, 2.05) is 40.1 Å². The van der Waals surface area contributed by atoms with Crippen molar-refractivity contribution in [3.05, 3.63) is 34.9 Å². The Morgan fingerprint density at radius 3 is 1.88 bits per heavy atom. The van der Waals surface area contributed by atoms with Gasteiger partial charge in [0.1, 0.15) is 0 Å². The van der Waals surface area contributed by atoms with Crippen molar-refractivity contribution in [1.29, 1.82) is 0 Å². The molecule has 2 aromatic heterocycles. The van der Waals surface area contributed by atoms with Crippen LogP contribution in [0.2, 0.25) is 0 Å². The van der Waals surface area contributed by atoms with Gasteiger partial charge in [0.15, 0.2) is 0 Å². The van der Waals surface area contributed by atoms with Gasteiger partial charge in [-0.25, -0.2) is 5.84 Å². The normalized spacial score (nSPS) is 10.1. The Balaban J connectivity index is 0.000000260. The summed E-state index contributed by atoms with van der Waals surface area (Å²) in [5.41, 5.74) is 3.59. The standard InChI is InChI=1S/C9H14N2O2.C8H14N4O/c1-4-13-9(12)6-8-5-7(2)10-11(8)3;1-6-4-7(12(3)10-6)5-8(13)11(2)9/h5H,4,6H2,1-3H3;4H,5,9H2,1-3H3. The third-order valence-electron chi connectivity index (χ3n) is 3.55. The van der Waals surface area contributed by atoms with Crippen LogP contribution in [0.5, 0.6) is 0 Å². The van der Waals surface area contributed by atoms with Gasteiger partial charge < -0.3 is 4.74 Å². The highest BCUT2D eigenvalue weighted by Gasteiger charge is 2.10. The second-order valence-corrected chi connectivity index (χ2v) is 5.96. The Morgan fingerprint density at radius 1 is 1.08 bits per heavy atom. The van der Waals surface area contributed by atoms with Crippen molar-refractivity contribution in [2.75, 3.05) is 13.7 Å². The van der Waals surface area contributed by atoms with Gasteiger partial charge in [-0.15, -0.1) is 0 Å². The molecule has 0 aliphatic heterocycles. The van der Waals surface area contributed by atoms with E-state index in [0.29, 0.717) is 19.4 Å². The number of nitrogens with two attached hydrogens (primary N) is 1. The SMILES string of the molecule is CCOC(=O)Cc1cc(C)nn1C.Cc1cc(CC(=O)N(C)N)n(C)n1. The molecule has 0 atom stereocenters. The molecule has 2 rings (SSSR count). The first kappa shape index (κ1) is 21.4. The summed E-state index contributed by atoms with van der Waals surface area (Å²) in [4.78, 5) is 22.3. The Morgan fingerprint density at radius 2 is 1.54 bits per heavy atom. The van der Waals surface area contributed by atoms with Crippen LogP contribution in [0.1, 0.15) is 29.7 Å². The van der Waals surface area contributed by atoms with Gasteiger partial charge in [-0.2, -0.15) is 10.2 Å². The highest BCUT2D eigenvalue weighted by atomic mass is 16.5. The number of aromatic nitrogens is 4. The number of rotatable bonds is 5. The molecule has 0 unspecified atom stereocenters. The van der Waals surface area contributed by atoms with Gasteiger partial charge in [0.25, 0.3) is 0 Å². The predicted molar refractivity (Wildman–Crippen MR) is 96.9 cm³/mol. The van der Waals surface area contributed by atoms with E-state index in [1.54, 1.807) is 16.3 Å². The fourth-order valence-corrected chi connectivity index (χ4v) is 2.30. The lowest BCUT2D eigenvalue weighted by Gasteiger charge is -2.09. The largest absolute Gasteiger partial charge is 0.466 e. The quantitative estimate of drug-likeness (QED) is 0.357. The van der Waals surface area contributed by atoms with Crippen LogP contribution < -0.4 is 5.84 Å². The number of carbonyl (C=O) groups excluding carboxylic acids is 2. The van der Waals surface area contributed by atoms with Gasteiger partial charge in [0.05, 0.1) is 30.8 Å². The summed E-state index contributed by atoms with van der Waals surface area (Å²) >= 11 is 0. The highest BCUT2D eigenvalue weighted by molar-refractivity contribution is 5.77. The maximum atomic E-state index is 11.2. The first-order chi connectivity index (χ1) is 12.1. The number of hydrogen-bond acceptors (Lipinski definition) is 6. The molecule has 0 saturated carbocycles. The second-order valence-electron chi connectivity index (χ2n) is 5.96. The smallest absolute Gasteiger partial charge is 0.311 e. The van der Waals surface area contributed by atoms with Crippen molar-refractivity contribution in [1.82, 2.24) is 24.6 Å². The van der Waals surface area contributed by atoms with Crippen molar-refractivity contribution in [2.45, 2.75) is 33.6 Å². The molecule has 9 heteroatoms. The minimum absolute atomic E-state index is 0.122. The van der Waals surface area contributed by atoms with Crippen LogP contribution in [0.15, 0.2) is 12.1 Å². The molecule has 9 nitrogen and oxygen atoms in total. The first-order valence-corrected chi connectivity index (χ1v) is 8.29. The van der Waals surface area contributed by atoms with E-state index >= 15 is 0 Å². The van der Waals surface area contributed by atoms with Crippen LogP contribution in [0.4, 0.5) is 0 Å². The van der Waals surface area contributed by atoms with E-state index in [9.17, 15) is 9.59 Å². The molecule has 2 N–H and O–H groups in total. The number of ether oxygens (including phenoxy) is 1. The predicted octanol–water partition coefficient (Wildman–Crippen LogP) is 0.437. The number of amides is 1. The van der Waals surface area contributed by atoms with Gasteiger partial charge in [-0.05, 0) is 32.9 Å². The summed E-state index contributed by atoms with van der Waals surface area (Å²) in [6.45, 7) is 6.01. The summed E-state index contributed by atoms with van der Waals surface area (Å²) in [6.07, 6.45) is 0.593. The molecule has 0 saturated heterocycles. The van der Waals surface area contributed by atoms with Crippen LogP contribution in [-0.2, 0) is 41.3 Å². The average Bonchev–Trinajstić information content (AvgIpc) is 3.01. The van der Waals surface area contributed by atoms with E-state index in [4.69, 9.17) is 10.6 Å². The Labute approximate surface area is 153 Å². The fourth-order valence-electron chi connectivity index (χ4n) is 2.30. The van der Waals surface area contributed by atoms with Crippen molar-refractivity contribution >= 4 is 11.9 Å². The molecule has 0 bridgehead atoms. The molecule has 0 fully saturated rings. The lowest BCUT2D eigenvalue weighted by Crippen LogP contribution is -2.34. The summed E-state index contributed by atoms with van der Waals surface area (Å²) in [5.74, 6) is 4.97. The maximum Gasteiger partial charge on any atom is 0.311 e. The molecule has 2 aromatic rings. The molecule has 144 valence electrons. The highest BCUT2D eigenvalue weighted by Crippen LogP contribution is 2.04. The van der Waals surface area contributed by atoms with E-state index in [0.717, 1.165) is 27.8 Å². The van der Waals surface area contributed by atoms with E-state index in [-0.39, 0.29) is 11.9 Å². The van der Waals surface area contributed by atoms with Crippen LogP contribution in [0, 0.1) is 13.8 Å². The van der Waals surface area contributed by atoms with Gasteiger partial charge in [0, 0.05) is 32.5 Å². The summed E-state index contributed by atoms with van der Waals surface area (Å²) in [7, 11) is 5.17. The monoisotopic (exact) mass is 364 g/mol. The number of hydrogen-bond donors (Lipinski definition) is 1. The zero-order valence-corrected chi connectivity index (χ0v) is 16.3. The molecule has 1 amide bonds. The number of likely N-dealkylation sites (N-methyl/N-ethyl adjacent to an activating group) is 1. The van der Waals surface area contributed by atoms with Gasteiger partial charge in [-0.1, -0.05) is 0 Å². The number of nitrogens with zero attached hydrogens (tertiary/aromatic N) is 5. The molecule has 0 aliphatic carbocycles. The molecule has 0 spiro atoms. The number of aryl methyl sites for hydroxylation is 4. The molecule has 0 radical (unpaired) electrons. The third kappa shape index (κ3) is 6.67. The average molecular weight is 364 g/mol. The molecule has 0 aromatic carbocycles.